The molecule has 2 N–H and O–H groups in total. The van der Waals surface area contributed by atoms with E-state index in [1.54, 1.807) is 19.9 Å². The number of benzene rings is 1. The van der Waals surface area contributed by atoms with Gasteiger partial charge in [0, 0.05) is 10.0 Å². The number of aromatic hydroxyl groups is 1. The Hall–Kier alpha value is -0.540. The Morgan fingerprint density at radius 2 is 2.00 bits per heavy atom. The summed E-state index contributed by atoms with van der Waals surface area (Å²) in [5.74, 6) is 0.166. The van der Waals surface area contributed by atoms with Crippen molar-refractivity contribution in [3.05, 3.63) is 27.7 Å². The van der Waals surface area contributed by atoms with E-state index < -0.39 is 6.10 Å². The van der Waals surface area contributed by atoms with Gasteiger partial charge in [-0.15, -0.1) is 0 Å². The zero-order valence-corrected chi connectivity index (χ0v) is 8.59. The van der Waals surface area contributed by atoms with Crippen molar-refractivity contribution < 1.29 is 10.2 Å². The maximum Gasteiger partial charge on any atom is 0.125 e. The van der Waals surface area contributed by atoms with Gasteiger partial charge >= 0.3 is 0 Å². The fourth-order valence-electron chi connectivity index (χ4n) is 1.09. The first kappa shape index (κ1) is 9.55. The molecule has 0 aliphatic carbocycles. The third-order valence-electron chi connectivity index (χ3n) is 1.78. The number of aliphatic hydroxyl groups is 1. The highest BCUT2D eigenvalue weighted by molar-refractivity contribution is 9.10. The van der Waals surface area contributed by atoms with Crippen LogP contribution < -0.4 is 0 Å². The topological polar surface area (TPSA) is 40.5 Å². The summed E-state index contributed by atoms with van der Waals surface area (Å²) in [5.41, 5.74) is 1.32. The van der Waals surface area contributed by atoms with E-state index in [1.807, 2.05) is 6.07 Å². The van der Waals surface area contributed by atoms with Crippen molar-refractivity contribution in [1.82, 2.24) is 0 Å². The van der Waals surface area contributed by atoms with Gasteiger partial charge in [0.1, 0.15) is 5.75 Å². The second-order valence-corrected chi connectivity index (χ2v) is 3.66. The molecule has 1 aromatic carbocycles. The number of aryl methyl sites for hydroxylation is 1. The van der Waals surface area contributed by atoms with E-state index >= 15 is 0 Å². The smallest absolute Gasteiger partial charge is 0.125 e. The van der Waals surface area contributed by atoms with Crippen molar-refractivity contribution in [2.75, 3.05) is 0 Å². The molecule has 0 aliphatic rings. The van der Waals surface area contributed by atoms with Gasteiger partial charge in [0.2, 0.25) is 0 Å². The third kappa shape index (κ3) is 1.62. The second kappa shape index (κ2) is 3.46. The Morgan fingerprint density at radius 1 is 1.42 bits per heavy atom. The van der Waals surface area contributed by atoms with E-state index in [9.17, 15) is 10.2 Å². The molecule has 1 aromatic rings. The maximum atomic E-state index is 9.56. The minimum absolute atomic E-state index is 0.166. The minimum atomic E-state index is -0.653. The molecule has 0 amide bonds. The van der Waals surface area contributed by atoms with Crippen LogP contribution in [0.1, 0.15) is 24.2 Å². The van der Waals surface area contributed by atoms with Gasteiger partial charge < -0.3 is 10.2 Å². The molecule has 66 valence electrons. The van der Waals surface area contributed by atoms with Crippen molar-refractivity contribution in [3.63, 3.8) is 0 Å². The van der Waals surface area contributed by atoms with E-state index in [2.05, 4.69) is 15.9 Å². The zero-order valence-electron chi connectivity index (χ0n) is 7.00. The molecule has 0 fully saturated rings. The van der Waals surface area contributed by atoms with Crippen molar-refractivity contribution in [1.29, 1.82) is 0 Å². The highest BCUT2D eigenvalue weighted by Gasteiger charge is 2.12. The normalized spacial score (nSPS) is 13.0. The molecule has 0 spiro atoms. The van der Waals surface area contributed by atoms with Crippen LogP contribution in [0.4, 0.5) is 0 Å². The summed E-state index contributed by atoms with van der Waals surface area (Å²) in [6.45, 7) is 3.42. The van der Waals surface area contributed by atoms with Gasteiger partial charge in [-0.25, -0.2) is 0 Å². The molecule has 0 heterocycles. The summed E-state index contributed by atoms with van der Waals surface area (Å²) >= 11 is 3.26. The van der Waals surface area contributed by atoms with Crippen LogP contribution in [-0.2, 0) is 0 Å². The molecule has 1 unspecified atom stereocenters. The molecule has 1 rings (SSSR count). The van der Waals surface area contributed by atoms with Crippen molar-refractivity contribution in [2.24, 2.45) is 0 Å². The summed E-state index contributed by atoms with van der Waals surface area (Å²) in [6, 6.07) is 3.61. The van der Waals surface area contributed by atoms with Crippen molar-refractivity contribution >= 4 is 15.9 Å². The molecule has 12 heavy (non-hydrogen) atoms. The van der Waals surface area contributed by atoms with E-state index in [1.165, 1.54) is 0 Å². The summed E-state index contributed by atoms with van der Waals surface area (Å²) in [6.07, 6.45) is -0.653. The Bertz CT molecular complexity index is 295. The molecular formula is C9H11BrO2. The number of rotatable bonds is 1. The van der Waals surface area contributed by atoms with Crippen LogP contribution in [0.25, 0.3) is 0 Å². The van der Waals surface area contributed by atoms with Crippen LogP contribution in [0, 0.1) is 6.92 Å². The van der Waals surface area contributed by atoms with Crippen molar-refractivity contribution in [3.8, 4) is 5.75 Å². The van der Waals surface area contributed by atoms with E-state index in [-0.39, 0.29) is 5.75 Å². The van der Waals surface area contributed by atoms with Crippen LogP contribution in [0.2, 0.25) is 0 Å². The first-order chi connectivity index (χ1) is 5.54. The average molecular weight is 231 g/mol. The van der Waals surface area contributed by atoms with Gasteiger partial charge in [-0.3, -0.25) is 0 Å². The fraction of sp³-hybridized carbons (Fsp3) is 0.333. The first-order valence-electron chi connectivity index (χ1n) is 3.70. The second-order valence-electron chi connectivity index (χ2n) is 2.80. The number of hydrogen-bond acceptors (Lipinski definition) is 2. The molecule has 0 saturated carbocycles. The maximum absolute atomic E-state index is 9.56. The fourth-order valence-corrected chi connectivity index (χ4v) is 1.74. The summed E-state index contributed by atoms with van der Waals surface area (Å²) in [4.78, 5) is 0. The lowest BCUT2D eigenvalue weighted by atomic mass is 10.1. The number of phenolic OH excluding ortho intramolecular Hbond substituents is 1. The van der Waals surface area contributed by atoms with Crippen LogP contribution in [0.3, 0.4) is 0 Å². The average Bonchev–Trinajstić information content (AvgIpc) is 1.97. The summed E-state index contributed by atoms with van der Waals surface area (Å²) in [7, 11) is 0. The van der Waals surface area contributed by atoms with Gasteiger partial charge in [0.05, 0.1) is 6.10 Å². The van der Waals surface area contributed by atoms with Gasteiger partial charge in [-0.2, -0.15) is 0 Å². The molecule has 0 bridgehead atoms. The molecule has 1 atom stereocenters. The quantitative estimate of drug-likeness (QED) is 0.779. The Kier molecular flexibility index (Phi) is 2.75. The van der Waals surface area contributed by atoms with Gasteiger partial charge in [0.25, 0.3) is 0 Å². The Morgan fingerprint density at radius 3 is 2.42 bits per heavy atom. The monoisotopic (exact) mass is 230 g/mol. The van der Waals surface area contributed by atoms with Crippen LogP contribution in [0.15, 0.2) is 16.6 Å². The minimum Gasteiger partial charge on any atom is -0.507 e. The van der Waals surface area contributed by atoms with Crippen LogP contribution in [0.5, 0.6) is 5.75 Å². The SMILES string of the molecule is Cc1ccc(Br)c(C(C)O)c1O. The molecule has 3 heteroatoms. The van der Waals surface area contributed by atoms with Crippen LogP contribution in [-0.4, -0.2) is 10.2 Å². The molecule has 2 nitrogen and oxygen atoms in total. The van der Waals surface area contributed by atoms with Crippen LogP contribution >= 0.6 is 15.9 Å². The Balaban J connectivity index is 3.33. The molecule has 0 aliphatic heterocycles. The zero-order chi connectivity index (χ0) is 9.30. The summed E-state index contributed by atoms with van der Waals surface area (Å²) < 4.78 is 0.737. The van der Waals surface area contributed by atoms with E-state index in [0.717, 1.165) is 10.0 Å². The van der Waals surface area contributed by atoms with Gasteiger partial charge in [-0.05, 0) is 25.5 Å². The van der Waals surface area contributed by atoms with Gasteiger partial charge in [0.15, 0.2) is 0 Å². The molecule has 0 aromatic heterocycles. The van der Waals surface area contributed by atoms with Crippen molar-refractivity contribution in [2.45, 2.75) is 20.0 Å². The van der Waals surface area contributed by atoms with E-state index in [0.29, 0.717) is 5.56 Å². The van der Waals surface area contributed by atoms with Gasteiger partial charge in [-0.1, -0.05) is 22.0 Å². The Labute approximate surface area is 80.0 Å². The predicted molar refractivity (Wildman–Crippen MR) is 51.2 cm³/mol. The first-order valence-corrected chi connectivity index (χ1v) is 4.49. The lowest BCUT2D eigenvalue weighted by molar-refractivity contribution is 0.194. The van der Waals surface area contributed by atoms with E-state index in [4.69, 9.17) is 0 Å². The highest BCUT2D eigenvalue weighted by atomic mass is 79.9. The number of halogens is 1. The highest BCUT2D eigenvalue weighted by Crippen LogP contribution is 2.33. The number of hydrogen-bond donors (Lipinski definition) is 2. The number of phenols is 1. The summed E-state index contributed by atoms with van der Waals surface area (Å²) in [5, 5.41) is 18.9. The lowest BCUT2D eigenvalue weighted by Crippen LogP contribution is -1.94. The number of aliphatic hydroxyl groups excluding tert-OH is 1. The predicted octanol–water partition coefficient (Wildman–Crippen LogP) is 2.52. The molecule has 0 saturated heterocycles. The molecule has 0 radical (unpaired) electrons. The lowest BCUT2D eigenvalue weighted by Gasteiger charge is -2.11. The molecular weight excluding hydrogens is 220 g/mol. The largest absolute Gasteiger partial charge is 0.507 e. The third-order valence-corrected chi connectivity index (χ3v) is 2.47. The standard InChI is InChI=1S/C9H11BrO2/c1-5-3-4-7(10)8(6(2)11)9(5)12/h3-4,6,11-12H,1-2H3.